The minimum atomic E-state index is 0.201. The molecule has 2 aromatic rings. The Kier molecular flexibility index (Phi) is 5.53. The Morgan fingerprint density at radius 1 is 1.33 bits per heavy atom. The lowest BCUT2D eigenvalue weighted by Gasteiger charge is -2.18. The van der Waals surface area contributed by atoms with Crippen molar-refractivity contribution in [1.29, 1.82) is 0 Å². The number of nitrogens with one attached hydrogen (secondary N) is 1. The van der Waals surface area contributed by atoms with Gasteiger partial charge in [0.15, 0.2) is 0 Å². The summed E-state index contributed by atoms with van der Waals surface area (Å²) >= 11 is 3.68. The summed E-state index contributed by atoms with van der Waals surface area (Å²) in [5.74, 6) is 0. The molecule has 0 saturated carbocycles. The Labute approximate surface area is 135 Å². The molecular weight excluding hydrogens is 328 g/mol. The Bertz CT molecular complexity index is 606. The lowest BCUT2D eigenvalue weighted by atomic mass is 10.1. The maximum Gasteiger partial charge on any atom is 0.0738 e. The Balaban J connectivity index is 2.32. The second kappa shape index (κ2) is 7.18. The first kappa shape index (κ1) is 16.2. The summed E-state index contributed by atoms with van der Waals surface area (Å²) in [7, 11) is 0. The number of halogens is 1. The molecule has 0 spiro atoms. The van der Waals surface area contributed by atoms with Gasteiger partial charge in [0, 0.05) is 19.2 Å². The highest BCUT2D eigenvalue weighted by atomic mass is 79.9. The molecular formula is C16H23BrN4. The minimum Gasteiger partial charge on any atom is -0.309 e. The summed E-state index contributed by atoms with van der Waals surface area (Å²) in [6.07, 6.45) is 2.76. The van der Waals surface area contributed by atoms with E-state index in [1.54, 1.807) is 0 Å². The number of pyridine rings is 1. The van der Waals surface area contributed by atoms with E-state index in [-0.39, 0.29) is 6.04 Å². The van der Waals surface area contributed by atoms with Gasteiger partial charge in [-0.1, -0.05) is 6.92 Å². The van der Waals surface area contributed by atoms with Crippen molar-refractivity contribution in [3.05, 3.63) is 45.4 Å². The summed E-state index contributed by atoms with van der Waals surface area (Å²) < 4.78 is 3.18. The zero-order valence-corrected chi connectivity index (χ0v) is 14.7. The van der Waals surface area contributed by atoms with Gasteiger partial charge in [-0.3, -0.25) is 9.67 Å². The maximum absolute atomic E-state index is 4.57. The molecule has 4 nitrogen and oxygen atoms in total. The number of aryl methyl sites for hydroxylation is 3. The van der Waals surface area contributed by atoms with Gasteiger partial charge in [-0.25, -0.2) is 0 Å². The first-order valence-electron chi connectivity index (χ1n) is 7.44. The van der Waals surface area contributed by atoms with E-state index in [0.29, 0.717) is 0 Å². The highest BCUT2D eigenvalue weighted by Crippen LogP contribution is 2.26. The van der Waals surface area contributed by atoms with Gasteiger partial charge in [-0.15, -0.1) is 0 Å². The Hall–Kier alpha value is -1.20. The van der Waals surface area contributed by atoms with E-state index in [9.17, 15) is 0 Å². The normalized spacial score (nSPS) is 12.6. The van der Waals surface area contributed by atoms with Gasteiger partial charge in [0.05, 0.1) is 27.6 Å². The summed E-state index contributed by atoms with van der Waals surface area (Å²) in [4.78, 5) is 4.54. The van der Waals surface area contributed by atoms with Gasteiger partial charge >= 0.3 is 0 Å². The van der Waals surface area contributed by atoms with Crippen LogP contribution in [0.3, 0.4) is 0 Å². The molecule has 0 fully saturated rings. The van der Waals surface area contributed by atoms with Crippen LogP contribution >= 0.6 is 15.9 Å². The quantitative estimate of drug-likeness (QED) is 0.865. The van der Waals surface area contributed by atoms with Crippen LogP contribution < -0.4 is 5.32 Å². The monoisotopic (exact) mass is 350 g/mol. The molecule has 0 aliphatic carbocycles. The average Bonchev–Trinajstić information content (AvgIpc) is 2.74. The van der Waals surface area contributed by atoms with Gasteiger partial charge in [0.25, 0.3) is 0 Å². The molecule has 0 aliphatic rings. The topological polar surface area (TPSA) is 42.7 Å². The Morgan fingerprint density at radius 3 is 2.71 bits per heavy atom. The fourth-order valence-electron chi connectivity index (χ4n) is 2.54. The van der Waals surface area contributed by atoms with E-state index in [1.165, 1.54) is 11.3 Å². The third kappa shape index (κ3) is 3.71. The molecule has 0 amide bonds. The summed E-state index contributed by atoms with van der Waals surface area (Å²) in [6.45, 7) is 10.2. The van der Waals surface area contributed by atoms with Crippen molar-refractivity contribution >= 4 is 15.9 Å². The SMILES string of the molecule is CCNC(Cc1c(Br)c(C)nn1CC)c1cc(C)ccn1. The molecule has 0 aliphatic heterocycles. The zero-order chi connectivity index (χ0) is 15.4. The standard InChI is InChI=1S/C16H23BrN4/c1-5-18-14(13-9-11(3)7-8-19-13)10-15-16(17)12(4)20-21(15)6-2/h7-9,14,18H,5-6,10H2,1-4H3. The third-order valence-corrected chi connectivity index (χ3v) is 4.63. The number of likely N-dealkylation sites (N-methyl/N-ethyl adjacent to an activating group) is 1. The molecule has 0 aromatic carbocycles. The number of hydrogen-bond donors (Lipinski definition) is 1. The van der Waals surface area contributed by atoms with Gasteiger partial charge in [-0.2, -0.15) is 5.10 Å². The number of nitrogens with zero attached hydrogens (tertiary/aromatic N) is 3. The molecule has 0 radical (unpaired) electrons. The van der Waals surface area contributed by atoms with E-state index in [4.69, 9.17) is 0 Å². The largest absolute Gasteiger partial charge is 0.309 e. The maximum atomic E-state index is 4.57. The highest BCUT2D eigenvalue weighted by Gasteiger charge is 2.19. The predicted octanol–water partition coefficient (Wildman–Crippen LogP) is 3.57. The Morgan fingerprint density at radius 2 is 2.10 bits per heavy atom. The molecule has 21 heavy (non-hydrogen) atoms. The summed E-state index contributed by atoms with van der Waals surface area (Å²) in [5.41, 5.74) is 4.59. The van der Waals surface area contributed by atoms with Crippen molar-refractivity contribution in [3.63, 3.8) is 0 Å². The van der Waals surface area contributed by atoms with Gasteiger partial charge < -0.3 is 5.32 Å². The van der Waals surface area contributed by atoms with Gasteiger partial charge in [0.2, 0.25) is 0 Å². The van der Waals surface area contributed by atoms with Crippen LogP contribution in [0.5, 0.6) is 0 Å². The second-order valence-corrected chi connectivity index (χ2v) is 6.03. The van der Waals surface area contributed by atoms with Crippen LogP contribution in [0, 0.1) is 13.8 Å². The molecule has 2 heterocycles. The smallest absolute Gasteiger partial charge is 0.0738 e. The molecule has 0 saturated heterocycles. The van der Waals surface area contributed by atoms with E-state index in [0.717, 1.165) is 35.4 Å². The highest BCUT2D eigenvalue weighted by molar-refractivity contribution is 9.10. The number of hydrogen-bond acceptors (Lipinski definition) is 3. The zero-order valence-electron chi connectivity index (χ0n) is 13.2. The van der Waals surface area contributed by atoms with E-state index in [1.807, 2.05) is 19.2 Å². The lowest BCUT2D eigenvalue weighted by molar-refractivity contribution is 0.505. The fourth-order valence-corrected chi connectivity index (χ4v) is 2.98. The van der Waals surface area contributed by atoms with Crippen LogP contribution in [0.2, 0.25) is 0 Å². The van der Waals surface area contributed by atoms with Crippen LogP contribution in [0.1, 0.15) is 42.5 Å². The van der Waals surface area contributed by atoms with Crippen LogP contribution in [-0.4, -0.2) is 21.3 Å². The molecule has 114 valence electrons. The van der Waals surface area contributed by atoms with Crippen LogP contribution in [-0.2, 0) is 13.0 Å². The molecule has 0 bridgehead atoms. The van der Waals surface area contributed by atoms with Gasteiger partial charge in [0.1, 0.15) is 0 Å². The predicted molar refractivity (Wildman–Crippen MR) is 89.4 cm³/mol. The van der Waals surface area contributed by atoms with Crippen molar-refractivity contribution in [2.45, 2.75) is 46.7 Å². The molecule has 1 N–H and O–H groups in total. The number of rotatable bonds is 6. The first-order chi connectivity index (χ1) is 10.1. The summed E-state index contributed by atoms with van der Waals surface area (Å²) in [6, 6.07) is 4.39. The second-order valence-electron chi connectivity index (χ2n) is 5.23. The van der Waals surface area contributed by atoms with Crippen molar-refractivity contribution in [1.82, 2.24) is 20.1 Å². The van der Waals surface area contributed by atoms with E-state index >= 15 is 0 Å². The van der Waals surface area contributed by atoms with Crippen molar-refractivity contribution in [2.75, 3.05) is 6.54 Å². The van der Waals surface area contributed by atoms with Crippen molar-refractivity contribution in [3.8, 4) is 0 Å². The van der Waals surface area contributed by atoms with Crippen LogP contribution in [0.4, 0.5) is 0 Å². The fraction of sp³-hybridized carbons (Fsp3) is 0.500. The molecule has 2 aromatic heterocycles. The molecule has 1 atom stereocenters. The van der Waals surface area contributed by atoms with Crippen LogP contribution in [0.15, 0.2) is 22.8 Å². The lowest BCUT2D eigenvalue weighted by Crippen LogP contribution is -2.25. The van der Waals surface area contributed by atoms with E-state index < -0.39 is 0 Å². The van der Waals surface area contributed by atoms with Crippen molar-refractivity contribution < 1.29 is 0 Å². The van der Waals surface area contributed by atoms with E-state index in [2.05, 4.69) is 62.8 Å². The van der Waals surface area contributed by atoms with Crippen molar-refractivity contribution in [2.24, 2.45) is 0 Å². The van der Waals surface area contributed by atoms with Crippen LogP contribution in [0.25, 0.3) is 0 Å². The summed E-state index contributed by atoms with van der Waals surface area (Å²) in [5, 5.41) is 8.11. The van der Waals surface area contributed by atoms with Gasteiger partial charge in [-0.05, 0) is 60.9 Å². The minimum absolute atomic E-state index is 0.201. The first-order valence-corrected chi connectivity index (χ1v) is 8.23. The number of aromatic nitrogens is 3. The third-order valence-electron chi connectivity index (χ3n) is 3.59. The molecule has 2 rings (SSSR count). The molecule has 1 unspecified atom stereocenters. The average molecular weight is 351 g/mol. The molecule has 5 heteroatoms.